The Kier molecular flexibility index (Phi) is 5.09. The van der Waals surface area contributed by atoms with Gasteiger partial charge in [0, 0.05) is 11.3 Å². The van der Waals surface area contributed by atoms with Crippen LogP contribution in [0.4, 0.5) is 5.69 Å². The first kappa shape index (κ1) is 16.2. The van der Waals surface area contributed by atoms with Gasteiger partial charge in [-0.1, -0.05) is 30.3 Å². The molecule has 0 aliphatic rings. The molecule has 0 spiro atoms. The maximum absolute atomic E-state index is 11.9. The molecule has 0 aliphatic carbocycles. The first-order valence-electron chi connectivity index (χ1n) is 7.04. The predicted octanol–water partition coefficient (Wildman–Crippen LogP) is 1.40. The average Bonchev–Trinajstić information content (AvgIpc) is 2.56. The van der Waals surface area contributed by atoms with E-state index in [4.69, 9.17) is 5.73 Å². The van der Waals surface area contributed by atoms with Crippen molar-refractivity contribution in [3.63, 3.8) is 0 Å². The van der Waals surface area contributed by atoms with E-state index >= 15 is 0 Å². The van der Waals surface area contributed by atoms with E-state index in [-0.39, 0.29) is 11.6 Å². The summed E-state index contributed by atoms with van der Waals surface area (Å²) in [6.07, 6.45) is 0. The molecule has 4 N–H and O–H groups in total. The highest BCUT2D eigenvalue weighted by molar-refractivity contribution is 6.38. The second-order valence-electron chi connectivity index (χ2n) is 5.01. The van der Waals surface area contributed by atoms with Crippen molar-refractivity contribution in [1.82, 2.24) is 10.6 Å². The third-order valence-electron chi connectivity index (χ3n) is 3.25. The van der Waals surface area contributed by atoms with Crippen LogP contribution in [0, 0.1) is 0 Å². The Bertz CT molecular complexity index is 712. The van der Waals surface area contributed by atoms with E-state index in [0.29, 0.717) is 5.69 Å². The minimum absolute atomic E-state index is 0.247. The average molecular weight is 311 g/mol. The highest BCUT2D eigenvalue weighted by Crippen LogP contribution is 2.10. The molecule has 0 radical (unpaired) electrons. The fourth-order valence-corrected chi connectivity index (χ4v) is 1.95. The number of carbonyl (C=O) groups is 3. The maximum Gasteiger partial charge on any atom is 0.316 e. The molecule has 2 aromatic carbocycles. The number of amides is 3. The number of nitrogen functional groups attached to an aromatic ring is 1. The van der Waals surface area contributed by atoms with E-state index < -0.39 is 17.7 Å². The van der Waals surface area contributed by atoms with E-state index in [1.54, 1.807) is 6.92 Å². The van der Waals surface area contributed by atoms with Crippen molar-refractivity contribution in [3.05, 3.63) is 65.7 Å². The number of imide groups is 1. The van der Waals surface area contributed by atoms with Gasteiger partial charge in [0.1, 0.15) is 0 Å². The molecule has 23 heavy (non-hydrogen) atoms. The number of carbonyl (C=O) groups excluding carboxylic acids is 3. The van der Waals surface area contributed by atoms with Crippen molar-refractivity contribution >= 4 is 23.4 Å². The second kappa shape index (κ2) is 7.22. The van der Waals surface area contributed by atoms with Gasteiger partial charge in [-0.05, 0) is 36.8 Å². The first-order chi connectivity index (χ1) is 11.0. The number of nitrogens with one attached hydrogen (secondary N) is 2. The summed E-state index contributed by atoms with van der Waals surface area (Å²) in [5, 5.41) is 4.58. The molecular weight excluding hydrogens is 294 g/mol. The van der Waals surface area contributed by atoms with E-state index in [9.17, 15) is 14.4 Å². The van der Waals surface area contributed by atoms with Crippen LogP contribution in [-0.2, 0) is 9.59 Å². The Morgan fingerprint density at radius 3 is 2.13 bits per heavy atom. The molecule has 6 heteroatoms. The fraction of sp³-hybridized carbons (Fsp3) is 0.118. The van der Waals surface area contributed by atoms with Gasteiger partial charge in [-0.2, -0.15) is 0 Å². The van der Waals surface area contributed by atoms with Crippen LogP contribution in [0.1, 0.15) is 28.9 Å². The highest BCUT2D eigenvalue weighted by atomic mass is 16.2. The molecular formula is C17H17N3O3. The van der Waals surface area contributed by atoms with Crippen LogP contribution < -0.4 is 16.4 Å². The maximum atomic E-state index is 11.9. The molecule has 2 aromatic rings. The quantitative estimate of drug-likeness (QED) is 0.589. The Morgan fingerprint density at radius 2 is 1.52 bits per heavy atom. The monoisotopic (exact) mass is 311 g/mol. The zero-order valence-corrected chi connectivity index (χ0v) is 12.6. The summed E-state index contributed by atoms with van der Waals surface area (Å²) in [6, 6.07) is 14.9. The number of rotatable bonds is 3. The van der Waals surface area contributed by atoms with E-state index in [1.807, 2.05) is 35.6 Å². The number of benzene rings is 2. The Labute approximate surface area is 133 Å². The molecule has 0 saturated carbocycles. The van der Waals surface area contributed by atoms with Crippen molar-refractivity contribution in [1.29, 1.82) is 0 Å². The summed E-state index contributed by atoms with van der Waals surface area (Å²) in [6.45, 7) is 1.75. The van der Waals surface area contributed by atoms with Gasteiger partial charge in [0.25, 0.3) is 5.91 Å². The molecule has 0 bridgehead atoms. The van der Waals surface area contributed by atoms with Gasteiger partial charge in [-0.15, -0.1) is 0 Å². The lowest BCUT2D eigenvalue weighted by molar-refractivity contribution is -0.139. The number of nitrogens with two attached hydrogens (primary N) is 1. The summed E-state index contributed by atoms with van der Waals surface area (Å²) >= 11 is 0. The van der Waals surface area contributed by atoms with Crippen molar-refractivity contribution in [2.75, 3.05) is 5.73 Å². The lowest BCUT2D eigenvalue weighted by atomic mass is 10.1. The number of hydrogen-bond acceptors (Lipinski definition) is 4. The molecule has 2 rings (SSSR count). The van der Waals surface area contributed by atoms with Crippen LogP contribution in [0.2, 0.25) is 0 Å². The van der Waals surface area contributed by atoms with Gasteiger partial charge >= 0.3 is 11.8 Å². The Balaban J connectivity index is 1.93. The molecule has 118 valence electrons. The Hall–Kier alpha value is -3.15. The highest BCUT2D eigenvalue weighted by Gasteiger charge is 2.19. The van der Waals surface area contributed by atoms with Gasteiger partial charge < -0.3 is 11.1 Å². The second-order valence-corrected chi connectivity index (χ2v) is 5.01. The van der Waals surface area contributed by atoms with Crippen LogP contribution in [0.25, 0.3) is 0 Å². The van der Waals surface area contributed by atoms with Crippen molar-refractivity contribution in [2.45, 2.75) is 13.0 Å². The molecule has 0 aliphatic heterocycles. The molecule has 3 amide bonds. The van der Waals surface area contributed by atoms with E-state index in [2.05, 4.69) is 5.32 Å². The van der Waals surface area contributed by atoms with Crippen molar-refractivity contribution in [3.8, 4) is 0 Å². The standard InChI is InChI=1S/C17H17N3O3/c1-11(12-5-3-2-4-6-12)19-16(22)17(23)20-15(21)13-7-9-14(18)10-8-13/h2-11H,18H2,1H3,(H,19,22)(H,20,21,23). The van der Waals surface area contributed by atoms with Gasteiger partial charge in [0.15, 0.2) is 0 Å². The van der Waals surface area contributed by atoms with Crippen LogP contribution in [0.15, 0.2) is 54.6 Å². The normalized spacial score (nSPS) is 11.3. The smallest absolute Gasteiger partial charge is 0.316 e. The van der Waals surface area contributed by atoms with Gasteiger partial charge in [-0.3, -0.25) is 19.7 Å². The molecule has 0 aromatic heterocycles. The topological polar surface area (TPSA) is 101 Å². The lowest BCUT2D eigenvalue weighted by Gasteiger charge is -2.13. The van der Waals surface area contributed by atoms with E-state index in [0.717, 1.165) is 5.56 Å². The predicted molar refractivity (Wildman–Crippen MR) is 86.3 cm³/mol. The first-order valence-corrected chi connectivity index (χ1v) is 7.04. The minimum atomic E-state index is -1.00. The molecule has 0 saturated heterocycles. The SMILES string of the molecule is CC(NC(=O)C(=O)NC(=O)c1ccc(N)cc1)c1ccccc1. The molecule has 0 fully saturated rings. The third-order valence-corrected chi connectivity index (χ3v) is 3.25. The van der Waals surface area contributed by atoms with Crippen LogP contribution >= 0.6 is 0 Å². The summed E-state index contributed by atoms with van der Waals surface area (Å²) in [5.41, 5.74) is 7.13. The van der Waals surface area contributed by atoms with Crippen LogP contribution in [0.5, 0.6) is 0 Å². The zero-order valence-electron chi connectivity index (χ0n) is 12.6. The van der Waals surface area contributed by atoms with Gasteiger partial charge in [-0.25, -0.2) is 0 Å². The number of hydrogen-bond donors (Lipinski definition) is 3. The zero-order chi connectivity index (χ0) is 16.8. The summed E-state index contributed by atoms with van der Waals surface area (Å²) < 4.78 is 0. The van der Waals surface area contributed by atoms with Crippen molar-refractivity contribution in [2.24, 2.45) is 0 Å². The summed E-state index contributed by atoms with van der Waals surface area (Å²) in [5.74, 6) is -2.53. The molecule has 1 atom stereocenters. The third kappa shape index (κ3) is 4.41. The summed E-state index contributed by atoms with van der Waals surface area (Å²) in [4.78, 5) is 35.5. The molecule has 1 unspecified atom stereocenters. The van der Waals surface area contributed by atoms with Crippen molar-refractivity contribution < 1.29 is 14.4 Å². The lowest BCUT2D eigenvalue weighted by Crippen LogP contribution is -2.43. The van der Waals surface area contributed by atoms with Gasteiger partial charge in [0.05, 0.1) is 6.04 Å². The van der Waals surface area contributed by atoms with Crippen LogP contribution in [-0.4, -0.2) is 17.7 Å². The van der Waals surface area contributed by atoms with E-state index in [1.165, 1.54) is 24.3 Å². The molecule has 0 heterocycles. The van der Waals surface area contributed by atoms with Gasteiger partial charge in [0.2, 0.25) is 0 Å². The summed E-state index contributed by atoms with van der Waals surface area (Å²) in [7, 11) is 0. The fourth-order valence-electron chi connectivity index (χ4n) is 1.95. The largest absolute Gasteiger partial charge is 0.399 e. The minimum Gasteiger partial charge on any atom is -0.399 e. The Morgan fingerprint density at radius 1 is 0.913 bits per heavy atom. The molecule has 6 nitrogen and oxygen atoms in total. The van der Waals surface area contributed by atoms with Crippen LogP contribution in [0.3, 0.4) is 0 Å². The number of anilines is 1.